The van der Waals surface area contributed by atoms with E-state index in [-0.39, 0.29) is 24.7 Å². The second-order valence-corrected chi connectivity index (χ2v) is 8.13. The van der Waals surface area contributed by atoms with Crippen molar-refractivity contribution in [1.82, 2.24) is 4.90 Å². The van der Waals surface area contributed by atoms with Crippen molar-refractivity contribution in [2.24, 2.45) is 0 Å². The van der Waals surface area contributed by atoms with Crippen molar-refractivity contribution >= 4 is 27.6 Å². The number of hydrogen-bond acceptors (Lipinski definition) is 5. The van der Waals surface area contributed by atoms with Crippen LogP contribution in [0.5, 0.6) is 0 Å². The number of aliphatic carboxylic acids is 1. The van der Waals surface area contributed by atoms with E-state index in [1.807, 2.05) is 0 Å². The molecule has 0 saturated carbocycles. The van der Waals surface area contributed by atoms with Crippen LogP contribution in [0.4, 0.5) is 5.69 Å². The molecule has 0 bridgehead atoms. The van der Waals surface area contributed by atoms with E-state index in [1.54, 1.807) is 24.3 Å². The number of nitrogens with zero attached hydrogens (tertiary/aromatic N) is 2. The number of ether oxygens (including phenoxy) is 1. The van der Waals surface area contributed by atoms with Gasteiger partial charge < -0.3 is 14.7 Å². The molecule has 1 aromatic rings. The van der Waals surface area contributed by atoms with Gasteiger partial charge in [-0.05, 0) is 24.6 Å². The minimum atomic E-state index is -3.32. The summed E-state index contributed by atoms with van der Waals surface area (Å²) in [6, 6.07) is 5.94. The average molecular weight is 368 g/mol. The lowest BCUT2D eigenvalue weighted by atomic mass is 10.1. The largest absolute Gasteiger partial charge is 0.481 e. The molecule has 1 aromatic carbocycles. The number of carbonyl (C=O) groups excluding carboxylic acids is 1. The van der Waals surface area contributed by atoms with Crippen LogP contribution in [0.3, 0.4) is 0 Å². The van der Waals surface area contributed by atoms with Gasteiger partial charge in [0.15, 0.2) is 0 Å². The molecule has 0 spiro atoms. The van der Waals surface area contributed by atoms with Crippen molar-refractivity contribution in [3.05, 3.63) is 29.8 Å². The van der Waals surface area contributed by atoms with E-state index in [2.05, 4.69) is 0 Å². The lowest BCUT2D eigenvalue weighted by molar-refractivity contribution is -0.139. The second-order valence-electron chi connectivity index (χ2n) is 6.12. The molecule has 25 heavy (non-hydrogen) atoms. The highest BCUT2D eigenvalue weighted by Crippen LogP contribution is 2.26. The van der Waals surface area contributed by atoms with Crippen molar-refractivity contribution in [2.75, 3.05) is 36.4 Å². The average Bonchev–Trinajstić information content (AvgIpc) is 2.93. The minimum absolute atomic E-state index is 0.106. The first-order valence-electron chi connectivity index (χ1n) is 8.09. The lowest BCUT2D eigenvalue weighted by Crippen LogP contribution is -2.49. The molecular formula is C16H20N2O6S. The Labute approximate surface area is 146 Å². The molecule has 0 radical (unpaired) electrons. The number of carbonyl (C=O) groups is 2. The standard InChI is InChI=1S/C16H20N2O6S/c19-15(20)10-14-11-24-7-6-17(14)16(21)12-3-1-4-13(9-12)18-5-2-8-25(18,22)23/h1,3-4,9,14H,2,5-8,10-11H2,(H,19,20). The highest BCUT2D eigenvalue weighted by molar-refractivity contribution is 7.93. The summed E-state index contributed by atoms with van der Waals surface area (Å²) in [7, 11) is -3.32. The van der Waals surface area contributed by atoms with Gasteiger partial charge in [0.05, 0.1) is 37.1 Å². The fraction of sp³-hybridized carbons (Fsp3) is 0.500. The van der Waals surface area contributed by atoms with Crippen LogP contribution in [0.2, 0.25) is 0 Å². The first kappa shape index (κ1) is 17.7. The summed E-state index contributed by atoms with van der Waals surface area (Å²) in [4.78, 5) is 25.3. The van der Waals surface area contributed by atoms with Crippen LogP contribution in [-0.4, -0.2) is 68.4 Å². The molecule has 1 atom stereocenters. The quantitative estimate of drug-likeness (QED) is 0.832. The number of carboxylic acids is 1. The normalized spacial score (nSPS) is 22.8. The Bertz CT molecular complexity index is 779. The van der Waals surface area contributed by atoms with Crippen molar-refractivity contribution in [1.29, 1.82) is 0 Å². The number of rotatable bonds is 4. The number of morpholine rings is 1. The molecule has 136 valence electrons. The number of hydrogen-bond donors (Lipinski definition) is 1. The maximum absolute atomic E-state index is 12.8. The fourth-order valence-electron chi connectivity index (χ4n) is 3.18. The monoisotopic (exact) mass is 368 g/mol. The Morgan fingerprint density at radius 2 is 2.08 bits per heavy atom. The summed E-state index contributed by atoms with van der Waals surface area (Å²) >= 11 is 0. The van der Waals surface area contributed by atoms with Gasteiger partial charge in [-0.3, -0.25) is 13.9 Å². The van der Waals surface area contributed by atoms with Gasteiger partial charge in [0.25, 0.3) is 5.91 Å². The van der Waals surface area contributed by atoms with Gasteiger partial charge >= 0.3 is 5.97 Å². The highest BCUT2D eigenvalue weighted by Gasteiger charge is 2.32. The van der Waals surface area contributed by atoms with E-state index in [0.29, 0.717) is 37.4 Å². The molecule has 2 saturated heterocycles. The summed E-state index contributed by atoms with van der Waals surface area (Å²) in [5.74, 6) is -1.20. The van der Waals surface area contributed by atoms with Gasteiger partial charge in [0, 0.05) is 18.7 Å². The third-order valence-electron chi connectivity index (χ3n) is 4.38. The van der Waals surface area contributed by atoms with E-state index >= 15 is 0 Å². The highest BCUT2D eigenvalue weighted by atomic mass is 32.2. The van der Waals surface area contributed by atoms with Crippen LogP contribution < -0.4 is 4.31 Å². The minimum Gasteiger partial charge on any atom is -0.481 e. The van der Waals surface area contributed by atoms with Gasteiger partial charge in [-0.2, -0.15) is 0 Å². The van der Waals surface area contributed by atoms with Crippen molar-refractivity contribution in [2.45, 2.75) is 18.9 Å². The molecular weight excluding hydrogens is 348 g/mol. The van der Waals surface area contributed by atoms with Crippen LogP contribution in [-0.2, 0) is 19.6 Å². The van der Waals surface area contributed by atoms with Crippen LogP contribution in [0.15, 0.2) is 24.3 Å². The smallest absolute Gasteiger partial charge is 0.305 e. The summed E-state index contributed by atoms with van der Waals surface area (Å²) in [5, 5.41) is 9.01. The molecule has 0 aliphatic carbocycles. The number of carboxylic acid groups (broad SMARTS) is 1. The van der Waals surface area contributed by atoms with Crippen molar-refractivity contribution in [3.8, 4) is 0 Å². The Morgan fingerprint density at radius 3 is 2.76 bits per heavy atom. The molecule has 3 rings (SSSR count). The molecule has 2 heterocycles. The predicted octanol–water partition coefficient (Wildman–Crippen LogP) is 0.542. The predicted molar refractivity (Wildman–Crippen MR) is 90.1 cm³/mol. The fourth-order valence-corrected chi connectivity index (χ4v) is 4.74. The zero-order valence-electron chi connectivity index (χ0n) is 13.6. The van der Waals surface area contributed by atoms with Crippen LogP contribution in [0.25, 0.3) is 0 Å². The molecule has 0 aromatic heterocycles. The topological polar surface area (TPSA) is 104 Å². The molecule has 1 unspecified atom stereocenters. The van der Waals surface area contributed by atoms with Gasteiger partial charge in [0.2, 0.25) is 10.0 Å². The van der Waals surface area contributed by atoms with E-state index in [4.69, 9.17) is 9.84 Å². The van der Waals surface area contributed by atoms with Gasteiger partial charge in [-0.25, -0.2) is 8.42 Å². The Balaban J connectivity index is 1.84. The molecule has 8 nitrogen and oxygen atoms in total. The SMILES string of the molecule is O=C(O)CC1COCCN1C(=O)c1cccc(N2CCCS2(=O)=O)c1. The maximum atomic E-state index is 12.8. The summed E-state index contributed by atoms with van der Waals surface area (Å²) in [6.07, 6.45) is 0.372. The van der Waals surface area contributed by atoms with Gasteiger partial charge in [-0.15, -0.1) is 0 Å². The first-order chi connectivity index (χ1) is 11.9. The van der Waals surface area contributed by atoms with E-state index in [9.17, 15) is 18.0 Å². The van der Waals surface area contributed by atoms with Gasteiger partial charge in [0.1, 0.15) is 0 Å². The summed E-state index contributed by atoms with van der Waals surface area (Å²) in [5.41, 5.74) is 0.809. The Hall–Kier alpha value is -2.13. The van der Waals surface area contributed by atoms with E-state index in [1.165, 1.54) is 9.21 Å². The van der Waals surface area contributed by atoms with Crippen LogP contribution >= 0.6 is 0 Å². The molecule has 1 amide bonds. The Kier molecular flexibility index (Phi) is 4.96. The summed E-state index contributed by atoms with van der Waals surface area (Å²) in [6.45, 7) is 1.24. The number of sulfonamides is 1. The van der Waals surface area contributed by atoms with Crippen molar-refractivity contribution in [3.63, 3.8) is 0 Å². The van der Waals surface area contributed by atoms with Crippen LogP contribution in [0, 0.1) is 0 Å². The molecule has 1 N–H and O–H groups in total. The Morgan fingerprint density at radius 1 is 1.28 bits per heavy atom. The second kappa shape index (κ2) is 7.01. The van der Waals surface area contributed by atoms with E-state index < -0.39 is 22.0 Å². The van der Waals surface area contributed by atoms with Crippen molar-refractivity contribution < 1.29 is 27.9 Å². The third kappa shape index (κ3) is 3.77. The number of benzene rings is 1. The maximum Gasteiger partial charge on any atom is 0.305 e. The van der Waals surface area contributed by atoms with Crippen LogP contribution in [0.1, 0.15) is 23.2 Å². The summed E-state index contributed by atoms with van der Waals surface area (Å²) < 4.78 is 30.7. The number of anilines is 1. The zero-order valence-corrected chi connectivity index (χ0v) is 14.4. The molecule has 9 heteroatoms. The van der Waals surface area contributed by atoms with E-state index in [0.717, 1.165) is 0 Å². The zero-order chi connectivity index (χ0) is 18.0. The number of amides is 1. The third-order valence-corrected chi connectivity index (χ3v) is 6.25. The molecule has 2 aliphatic rings. The molecule has 2 fully saturated rings. The molecule has 2 aliphatic heterocycles. The lowest BCUT2D eigenvalue weighted by Gasteiger charge is -2.35. The van der Waals surface area contributed by atoms with Gasteiger partial charge in [-0.1, -0.05) is 6.07 Å². The first-order valence-corrected chi connectivity index (χ1v) is 9.70.